The van der Waals surface area contributed by atoms with Crippen LogP contribution in [-0.2, 0) is 0 Å². The molecule has 2 aromatic rings. The molecule has 0 saturated carbocycles. The maximum atomic E-state index is 6.06. The minimum absolute atomic E-state index is 0.152. The van der Waals surface area contributed by atoms with Gasteiger partial charge in [0.2, 0.25) is 11.9 Å². The molecule has 2 aromatic heterocycles. The first-order valence-corrected chi connectivity index (χ1v) is 6.86. The molecule has 1 aliphatic heterocycles. The molecule has 0 fully saturated rings. The van der Waals surface area contributed by atoms with E-state index in [0.29, 0.717) is 0 Å². The second-order valence-corrected chi connectivity index (χ2v) is 5.09. The van der Waals surface area contributed by atoms with Gasteiger partial charge in [-0.1, -0.05) is 6.07 Å². The fourth-order valence-corrected chi connectivity index (χ4v) is 2.24. The molecule has 0 aromatic carbocycles. The van der Waals surface area contributed by atoms with Crippen LogP contribution in [0.2, 0.25) is 0 Å². The second kappa shape index (κ2) is 5.44. The van der Waals surface area contributed by atoms with E-state index in [1.54, 1.807) is 17.3 Å². The highest BCUT2D eigenvalue weighted by atomic mass is 15.4. The molecular formula is C15H17N7. The van der Waals surface area contributed by atoms with E-state index < -0.39 is 6.17 Å². The Kier molecular flexibility index (Phi) is 3.46. The quantitative estimate of drug-likeness (QED) is 0.867. The third-order valence-electron chi connectivity index (χ3n) is 3.38. The normalized spacial score (nSPS) is 17.9. The molecule has 1 atom stereocenters. The van der Waals surface area contributed by atoms with Gasteiger partial charge in [-0.15, -0.1) is 0 Å². The summed E-state index contributed by atoms with van der Waals surface area (Å²) in [7, 11) is 0. The number of aromatic nitrogens is 2. The van der Waals surface area contributed by atoms with Crippen molar-refractivity contribution in [2.24, 2.45) is 21.5 Å². The third kappa shape index (κ3) is 2.60. The molecule has 0 bridgehead atoms. The largest absolute Gasteiger partial charge is 0.369 e. The maximum absolute atomic E-state index is 6.06. The van der Waals surface area contributed by atoms with Crippen LogP contribution in [0.1, 0.15) is 23.1 Å². The van der Waals surface area contributed by atoms with Gasteiger partial charge in [0.1, 0.15) is 0 Å². The number of hydrogen-bond acceptors (Lipinski definition) is 7. The second-order valence-electron chi connectivity index (χ2n) is 5.09. The van der Waals surface area contributed by atoms with Gasteiger partial charge in [-0.3, -0.25) is 14.9 Å². The Balaban J connectivity index is 2.06. The lowest BCUT2D eigenvalue weighted by atomic mass is 10.1. The SMILES string of the molecule is Cc1ccc(C2N=C(N)N=C(N)N2c2ccc(C)nc2)cn1. The summed E-state index contributed by atoms with van der Waals surface area (Å²) in [4.78, 5) is 18.9. The molecule has 0 aliphatic carbocycles. The van der Waals surface area contributed by atoms with Crippen LogP contribution in [0.3, 0.4) is 0 Å². The van der Waals surface area contributed by atoms with E-state index in [2.05, 4.69) is 20.0 Å². The van der Waals surface area contributed by atoms with Crippen molar-refractivity contribution in [3.63, 3.8) is 0 Å². The highest BCUT2D eigenvalue weighted by molar-refractivity contribution is 6.04. The number of pyridine rings is 2. The van der Waals surface area contributed by atoms with Gasteiger partial charge < -0.3 is 11.5 Å². The summed E-state index contributed by atoms with van der Waals surface area (Å²) in [6.45, 7) is 3.86. The molecule has 0 spiro atoms. The van der Waals surface area contributed by atoms with Gasteiger partial charge in [0.25, 0.3) is 0 Å². The number of aliphatic imine (C=N–C) groups is 2. The summed E-state index contributed by atoms with van der Waals surface area (Å²) in [5.41, 5.74) is 15.4. The van der Waals surface area contributed by atoms with Crippen molar-refractivity contribution in [2.45, 2.75) is 20.0 Å². The molecule has 3 rings (SSSR count). The summed E-state index contributed by atoms with van der Waals surface area (Å²) in [6.07, 6.45) is 3.10. The fourth-order valence-electron chi connectivity index (χ4n) is 2.24. The highest BCUT2D eigenvalue weighted by Gasteiger charge is 2.27. The van der Waals surface area contributed by atoms with E-state index >= 15 is 0 Å². The Hall–Kier alpha value is -2.96. The Morgan fingerprint density at radius 2 is 1.64 bits per heavy atom. The first kappa shape index (κ1) is 14.0. The van der Waals surface area contributed by atoms with Crippen LogP contribution < -0.4 is 16.4 Å². The molecule has 0 amide bonds. The predicted octanol–water partition coefficient (Wildman–Crippen LogP) is 1.24. The van der Waals surface area contributed by atoms with Crippen LogP contribution in [0, 0.1) is 13.8 Å². The van der Waals surface area contributed by atoms with E-state index in [-0.39, 0.29) is 11.9 Å². The van der Waals surface area contributed by atoms with E-state index in [1.165, 1.54) is 0 Å². The predicted molar refractivity (Wildman–Crippen MR) is 86.4 cm³/mol. The highest BCUT2D eigenvalue weighted by Crippen LogP contribution is 2.29. The first-order valence-electron chi connectivity index (χ1n) is 6.86. The van der Waals surface area contributed by atoms with E-state index in [4.69, 9.17) is 11.5 Å². The van der Waals surface area contributed by atoms with Crippen molar-refractivity contribution in [2.75, 3.05) is 4.90 Å². The van der Waals surface area contributed by atoms with E-state index in [9.17, 15) is 0 Å². The Morgan fingerprint density at radius 3 is 2.23 bits per heavy atom. The molecule has 0 saturated heterocycles. The van der Waals surface area contributed by atoms with Gasteiger partial charge in [-0.05, 0) is 32.0 Å². The number of rotatable bonds is 2. The van der Waals surface area contributed by atoms with Crippen molar-refractivity contribution in [1.82, 2.24) is 9.97 Å². The molecule has 1 aliphatic rings. The summed E-state index contributed by atoms with van der Waals surface area (Å²) >= 11 is 0. The van der Waals surface area contributed by atoms with Crippen molar-refractivity contribution in [3.8, 4) is 0 Å². The number of guanidine groups is 2. The zero-order valence-corrected chi connectivity index (χ0v) is 12.4. The minimum Gasteiger partial charge on any atom is -0.369 e. The third-order valence-corrected chi connectivity index (χ3v) is 3.38. The van der Waals surface area contributed by atoms with Gasteiger partial charge in [0, 0.05) is 23.1 Å². The van der Waals surface area contributed by atoms with Crippen LogP contribution in [0.15, 0.2) is 46.6 Å². The number of anilines is 1. The Labute approximate surface area is 128 Å². The fraction of sp³-hybridized carbons (Fsp3) is 0.200. The zero-order valence-electron chi connectivity index (χ0n) is 12.4. The van der Waals surface area contributed by atoms with Crippen molar-refractivity contribution >= 4 is 17.6 Å². The molecule has 112 valence electrons. The van der Waals surface area contributed by atoms with Crippen molar-refractivity contribution in [3.05, 3.63) is 53.6 Å². The minimum atomic E-state index is -0.407. The molecule has 4 N–H and O–H groups in total. The van der Waals surface area contributed by atoms with Gasteiger partial charge in [-0.25, -0.2) is 4.99 Å². The smallest absolute Gasteiger partial charge is 0.221 e. The van der Waals surface area contributed by atoms with Crippen LogP contribution in [0.5, 0.6) is 0 Å². The first-order chi connectivity index (χ1) is 10.5. The summed E-state index contributed by atoms with van der Waals surface area (Å²) in [5, 5.41) is 0. The molecule has 22 heavy (non-hydrogen) atoms. The molecule has 3 heterocycles. The van der Waals surface area contributed by atoms with Gasteiger partial charge in [0.05, 0.1) is 11.9 Å². The maximum Gasteiger partial charge on any atom is 0.221 e. The lowest BCUT2D eigenvalue weighted by molar-refractivity contribution is 0.730. The van der Waals surface area contributed by atoms with E-state index in [1.807, 2.05) is 38.1 Å². The van der Waals surface area contributed by atoms with Crippen LogP contribution in [0.4, 0.5) is 5.69 Å². The van der Waals surface area contributed by atoms with Gasteiger partial charge in [-0.2, -0.15) is 4.99 Å². The lowest BCUT2D eigenvalue weighted by Gasteiger charge is -2.32. The van der Waals surface area contributed by atoms with Gasteiger partial charge >= 0.3 is 0 Å². The number of nitrogens with two attached hydrogens (primary N) is 2. The molecule has 7 nitrogen and oxygen atoms in total. The van der Waals surface area contributed by atoms with Crippen molar-refractivity contribution in [1.29, 1.82) is 0 Å². The molecular weight excluding hydrogens is 278 g/mol. The summed E-state index contributed by atoms with van der Waals surface area (Å²) in [5.74, 6) is 0.433. The van der Waals surface area contributed by atoms with Crippen LogP contribution in [0.25, 0.3) is 0 Å². The molecule has 1 unspecified atom stereocenters. The summed E-state index contributed by atoms with van der Waals surface area (Å²) in [6, 6.07) is 7.72. The average molecular weight is 295 g/mol. The topological polar surface area (TPSA) is 106 Å². The molecule has 7 heteroatoms. The monoisotopic (exact) mass is 295 g/mol. The van der Waals surface area contributed by atoms with Gasteiger partial charge in [0.15, 0.2) is 6.17 Å². The Bertz CT molecular complexity index is 731. The standard InChI is InChI=1S/C15H17N7/c1-9-3-5-11(7-18-9)13-20-14(16)21-15(17)22(13)12-6-4-10(2)19-8-12/h3-8,13H,1-2H3,(H4,16,17,20,21). The average Bonchev–Trinajstić information content (AvgIpc) is 2.49. The summed E-state index contributed by atoms with van der Waals surface area (Å²) < 4.78 is 0. The Morgan fingerprint density at radius 1 is 0.955 bits per heavy atom. The van der Waals surface area contributed by atoms with Crippen molar-refractivity contribution < 1.29 is 0 Å². The number of aryl methyl sites for hydroxylation is 2. The van der Waals surface area contributed by atoms with Crippen LogP contribution in [-0.4, -0.2) is 21.9 Å². The lowest BCUT2D eigenvalue weighted by Crippen LogP contribution is -2.44. The van der Waals surface area contributed by atoms with Crippen LogP contribution >= 0.6 is 0 Å². The molecule has 0 radical (unpaired) electrons. The number of hydrogen-bond donors (Lipinski definition) is 2. The number of nitrogens with zero attached hydrogens (tertiary/aromatic N) is 5. The zero-order chi connectivity index (χ0) is 15.7. The van der Waals surface area contributed by atoms with E-state index in [0.717, 1.165) is 22.6 Å².